The van der Waals surface area contributed by atoms with Gasteiger partial charge in [-0.25, -0.2) is 8.42 Å². The zero-order valence-corrected chi connectivity index (χ0v) is 13.3. The van der Waals surface area contributed by atoms with Crippen LogP contribution >= 0.6 is 24.0 Å². The van der Waals surface area contributed by atoms with Crippen LogP contribution in [-0.2, 0) is 10.0 Å². The first-order valence-electron chi connectivity index (χ1n) is 5.35. The van der Waals surface area contributed by atoms with Gasteiger partial charge in [0.25, 0.3) is 5.69 Å². The molecule has 1 aromatic carbocycles. The Morgan fingerprint density at radius 3 is 2.50 bits per heavy atom. The van der Waals surface area contributed by atoms with Gasteiger partial charge in [-0.15, -0.1) is 12.4 Å². The van der Waals surface area contributed by atoms with Crippen LogP contribution in [0.1, 0.15) is 0 Å². The normalized spacial score (nSPS) is 11.2. The number of halogens is 2. The van der Waals surface area contributed by atoms with Gasteiger partial charge in [-0.3, -0.25) is 10.1 Å². The second-order valence-corrected chi connectivity index (χ2v) is 6.22. The number of benzene rings is 1. The van der Waals surface area contributed by atoms with Gasteiger partial charge in [-0.2, -0.15) is 4.31 Å². The number of nitro benzene ring substituents is 1. The van der Waals surface area contributed by atoms with Gasteiger partial charge in [-0.1, -0.05) is 11.6 Å². The highest BCUT2D eigenvalue weighted by molar-refractivity contribution is 7.89. The molecule has 10 heteroatoms. The third-order valence-corrected chi connectivity index (χ3v) is 4.83. The highest BCUT2D eigenvalue weighted by atomic mass is 35.5. The summed E-state index contributed by atoms with van der Waals surface area (Å²) in [4.78, 5) is 9.80. The molecule has 0 aliphatic rings. The average molecular weight is 344 g/mol. The molecule has 7 nitrogen and oxygen atoms in total. The molecule has 0 amide bonds. The molecule has 0 saturated carbocycles. The number of sulfonamides is 1. The third kappa shape index (κ3) is 4.29. The number of hydrogen-bond acceptors (Lipinski definition) is 5. The second-order valence-electron chi connectivity index (χ2n) is 3.80. The number of hydrogen-bond donors (Lipinski definition) is 1. The maximum absolute atomic E-state index is 12.2. The van der Waals surface area contributed by atoms with Crippen molar-refractivity contribution in [1.82, 2.24) is 9.62 Å². The Morgan fingerprint density at radius 1 is 1.45 bits per heavy atom. The van der Waals surface area contributed by atoms with Crippen LogP contribution in [0.4, 0.5) is 5.69 Å². The van der Waals surface area contributed by atoms with E-state index in [1.807, 2.05) is 0 Å². The quantitative estimate of drug-likeness (QED) is 0.624. The van der Waals surface area contributed by atoms with Crippen LogP contribution in [0.5, 0.6) is 0 Å². The molecular formula is C10H15Cl2N3O4S. The van der Waals surface area contributed by atoms with Crippen LogP contribution in [-0.4, -0.2) is 44.8 Å². The van der Waals surface area contributed by atoms with E-state index >= 15 is 0 Å². The SMILES string of the molecule is CNCCN(C)S(=O)(=O)c1ccc([N+](=O)[O-])cc1Cl.Cl. The molecule has 0 aliphatic carbocycles. The second kappa shape index (κ2) is 7.75. The van der Waals surface area contributed by atoms with Crippen molar-refractivity contribution >= 4 is 39.7 Å². The van der Waals surface area contributed by atoms with Gasteiger partial charge in [-0.05, 0) is 13.1 Å². The van der Waals surface area contributed by atoms with E-state index in [9.17, 15) is 18.5 Å². The minimum atomic E-state index is -3.75. The number of likely N-dealkylation sites (N-methyl/N-ethyl adjacent to an activating group) is 2. The summed E-state index contributed by atoms with van der Waals surface area (Å²) in [5.41, 5.74) is -0.248. The van der Waals surface area contributed by atoms with Gasteiger partial charge in [0.05, 0.1) is 9.95 Å². The Balaban J connectivity index is 0.00000361. The number of non-ortho nitro benzene ring substituents is 1. The van der Waals surface area contributed by atoms with Gasteiger partial charge in [0.2, 0.25) is 10.0 Å². The molecule has 1 rings (SSSR count). The van der Waals surface area contributed by atoms with Gasteiger partial charge in [0.15, 0.2) is 0 Å². The van der Waals surface area contributed by atoms with Crippen molar-refractivity contribution < 1.29 is 13.3 Å². The van der Waals surface area contributed by atoms with Gasteiger partial charge in [0.1, 0.15) is 4.90 Å². The zero-order valence-electron chi connectivity index (χ0n) is 10.9. The van der Waals surface area contributed by atoms with Gasteiger partial charge in [0, 0.05) is 32.3 Å². The lowest BCUT2D eigenvalue weighted by molar-refractivity contribution is -0.384. The summed E-state index contributed by atoms with van der Waals surface area (Å²) < 4.78 is 25.5. The van der Waals surface area contributed by atoms with Crippen LogP contribution in [0, 0.1) is 10.1 Å². The van der Waals surface area contributed by atoms with E-state index < -0.39 is 14.9 Å². The Hall–Kier alpha value is -0.930. The summed E-state index contributed by atoms with van der Waals surface area (Å²) in [5.74, 6) is 0. The Bertz CT molecular complexity index is 580. The Kier molecular flexibility index (Phi) is 7.39. The van der Waals surface area contributed by atoms with Crippen LogP contribution in [0.2, 0.25) is 5.02 Å². The topological polar surface area (TPSA) is 92.6 Å². The molecule has 114 valence electrons. The molecule has 0 bridgehead atoms. The van der Waals surface area contributed by atoms with Gasteiger partial charge < -0.3 is 5.32 Å². The lowest BCUT2D eigenvalue weighted by atomic mass is 10.3. The minimum absolute atomic E-state index is 0. The summed E-state index contributed by atoms with van der Waals surface area (Å²) in [6, 6.07) is 3.29. The van der Waals surface area contributed by atoms with Crippen LogP contribution < -0.4 is 5.32 Å². The van der Waals surface area contributed by atoms with Gasteiger partial charge >= 0.3 is 0 Å². The fourth-order valence-electron chi connectivity index (χ4n) is 1.37. The maximum Gasteiger partial charge on any atom is 0.271 e. The van der Waals surface area contributed by atoms with E-state index in [1.165, 1.54) is 7.05 Å². The maximum atomic E-state index is 12.2. The summed E-state index contributed by atoms with van der Waals surface area (Å²) in [5, 5.41) is 13.2. The molecule has 0 saturated heterocycles. The predicted octanol–water partition coefficient (Wildman–Crippen LogP) is 1.51. The standard InChI is InChI=1S/C10H14ClN3O4S.ClH/c1-12-5-6-13(2)19(17,18)10-4-3-8(14(15)16)7-9(10)11;/h3-4,7,12H,5-6H2,1-2H3;1H. The molecule has 1 aromatic rings. The summed E-state index contributed by atoms with van der Waals surface area (Å²) in [6.07, 6.45) is 0. The average Bonchev–Trinajstić information content (AvgIpc) is 2.35. The van der Waals surface area contributed by atoms with E-state index in [1.54, 1.807) is 7.05 Å². The number of nitro groups is 1. The van der Waals surface area contributed by atoms with Crippen molar-refractivity contribution in [3.8, 4) is 0 Å². The molecule has 0 radical (unpaired) electrons. The number of nitrogens with one attached hydrogen (secondary N) is 1. The van der Waals surface area contributed by atoms with Crippen molar-refractivity contribution in [2.45, 2.75) is 4.90 Å². The first kappa shape index (κ1) is 19.1. The summed E-state index contributed by atoms with van der Waals surface area (Å²) in [7, 11) is -0.617. The highest BCUT2D eigenvalue weighted by Crippen LogP contribution is 2.27. The number of rotatable bonds is 6. The molecule has 20 heavy (non-hydrogen) atoms. The van der Waals surface area contributed by atoms with Crippen molar-refractivity contribution in [1.29, 1.82) is 0 Å². The van der Waals surface area contributed by atoms with E-state index in [0.717, 1.165) is 22.5 Å². The molecule has 0 spiro atoms. The monoisotopic (exact) mass is 343 g/mol. The fourth-order valence-corrected chi connectivity index (χ4v) is 3.05. The largest absolute Gasteiger partial charge is 0.318 e. The molecule has 0 heterocycles. The van der Waals surface area contributed by atoms with E-state index in [0.29, 0.717) is 6.54 Å². The Labute approximate surface area is 128 Å². The van der Waals surface area contributed by atoms with E-state index in [-0.39, 0.29) is 34.6 Å². The van der Waals surface area contributed by atoms with E-state index in [4.69, 9.17) is 11.6 Å². The van der Waals surface area contributed by atoms with E-state index in [2.05, 4.69) is 5.32 Å². The lowest BCUT2D eigenvalue weighted by Crippen LogP contribution is -2.33. The molecule has 0 unspecified atom stereocenters. The summed E-state index contributed by atoms with van der Waals surface area (Å²) >= 11 is 5.81. The van der Waals surface area contributed by atoms with Crippen molar-refractivity contribution in [3.05, 3.63) is 33.3 Å². The Morgan fingerprint density at radius 2 is 2.05 bits per heavy atom. The first-order valence-corrected chi connectivity index (χ1v) is 7.17. The van der Waals surface area contributed by atoms with Crippen LogP contribution in [0.25, 0.3) is 0 Å². The molecular weight excluding hydrogens is 329 g/mol. The first-order chi connectivity index (χ1) is 8.80. The minimum Gasteiger partial charge on any atom is -0.318 e. The molecule has 0 fully saturated rings. The molecule has 1 N–H and O–H groups in total. The lowest BCUT2D eigenvalue weighted by Gasteiger charge is -2.17. The smallest absolute Gasteiger partial charge is 0.271 e. The third-order valence-electron chi connectivity index (χ3n) is 2.49. The van der Waals surface area contributed by atoms with Crippen LogP contribution in [0.3, 0.4) is 0 Å². The molecule has 0 atom stereocenters. The number of nitrogens with zero attached hydrogens (tertiary/aromatic N) is 2. The van der Waals surface area contributed by atoms with Crippen molar-refractivity contribution in [2.75, 3.05) is 27.2 Å². The van der Waals surface area contributed by atoms with Crippen LogP contribution in [0.15, 0.2) is 23.1 Å². The zero-order chi connectivity index (χ0) is 14.6. The highest BCUT2D eigenvalue weighted by Gasteiger charge is 2.24. The molecule has 0 aromatic heterocycles. The van der Waals surface area contributed by atoms with Crippen molar-refractivity contribution in [3.63, 3.8) is 0 Å². The predicted molar refractivity (Wildman–Crippen MR) is 79.1 cm³/mol. The molecule has 0 aliphatic heterocycles. The fraction of sp³-hybridized carbons (Fsp3) is 0.400. The van der Waals surface area contributed by atoms with Crippen molar-refractivity contribution in [2.24, 2.45) is 0 Å². The summed E-state index contributed by atoms with van der Waals surface area (Å²) in [6.45, 7) is 0.756.